The fraction of sp³-hybridized carbons (Fsp3) is 0.0667. The molecule has 0 bridgehead atoms. The molecule has 4 aromatic carbocycles. The molecule has 2 amide bonds. The van der Waals surface area contributed by atoms with E-state index in [0.717, 1.165) is 11.1 Å². The first kappa shape index (κ1) is 25.1. The Labute approximate surface area is 214 Å². The topological polar surface area (TPSA) is 96.9 Å². The Kier molecular flexibility index (Phi) is 8.18. The molecule has 37 heavy (non-hydrogen) atoms. The molecule has 7 nitrogen and oxygen atoms in total. The van der Waals surface area contributed by atoms with E-state index in [2.05, 4.69) is 15.8 Å². The van der Waals surface area contributed by atoms with E-state index < -0.39 is 11.9 Å². The zero-order valence-electron chi connectivity index (χ0n) is 20.2. The first-order valence-corrected chi connectivity index (χ1v) is 11.6. The molecule has 4 aromatic rings. The average molecular weight is 492 g/mol. The van der Waals surface area contributed by atoms with E-state index in [1.807, 2.05) is 49.4 Å². The van der Waals surface area contributed by atoms with E-state index in [9.17, 15) is 14.4 Å². The first-order chi connectivity index (χ1) is 18.0. The van der Waals surface area contributed by atoms with Crippen LogP contribution in [0.2, 0.25) is 0 Å². The Bertz CT molecular complexity index is 1410. The van der Waals surface area contributed by atoms with Crippen LogP contribution in [0.3, 0.4) is 0 Å². The molecule has 0 aromatic heterocycles. The summed E-state index contributed by atoms with van der Waals surface area (Å²) in [5, 5.41) is 6.81. The molecule has 2 N–H and O–H groups in total. The van der Waals surface area contributed by atoms with Gasteiger partial charge >= 0.3 is 5.97 Å². The van der Waals surface area contributed by atoms with Crippen LogP contribution in [-0.4, -0.2) is 24.0 Å². The molecular weight excluding hydrogens is 466 g/mol. The van der Waals surface area contributed by atoms with Gasteiger partial charge in [-0.2, -0.15) is 5.10 Å². The molecule has 0 saturated heterocycles. The summed E-state index contributed by atoms with van der Waals surface area (Å²) in [4.78, 5) is 37.2. The zero-order valence-corrected chi connectivity index (χ0v) is 20.2. The number of para-hydroxylation sites is 1. The molecule has 0 unspecified atom stereocenters. The molecule has 0 aliphatic rings. The molecule has 184 valence electrons. The molecule has 0 saturated carbocycles. The second-order valence-corrected chi connectivity index (χ2v) is 8.27. The second kappa shape index (κ2) is 12.1. The third kappa shape index (κ3) is 7.22. The van der Waals surface area contributed by atoms with Gasteiger partial charge in [0.05, 0.1) is 12.6 Å². The van der Waals surface area contributed by atoms with Crippen molar-refractivity contribution in [2.45, 2.75) is 13.3 Å². The third-order valence-corrected chi connectivity index (χ3v) is 5.42. The summed E-state index contributed by atoms with van der Waals surface area (Å²) in [6.45, 7) is 1.95. The van der Waals surface area contributed by atoms with Crippen molar-refractivity contribution in [2.75, 3.05) is 5.32 Å². The Balaban J connectivity index is 1.32. The lowest BCUT2D eigenvalue weighted by Crippen LogP contribution is -2.18. The Hall–Kier alpha value is -5.04. The third-order valence-electron chi connectivity index (χ3n) is 5.42. The van der Waals surface area contributed by atoms with Gasteiger partial charge in [0.15, 0.2) is 0 Å². The Morgan fingerprint density at radius 1 is 0.757 bits per heavy atom. The smallest absolute Gasteiger partial charge is 0.315 e. The van der Waals surface area contributed by atoms with Crippen molar-refractivity contribution in [3.63, 3.8) is 0 Å². The number of benzene rings is 4. The van der Waals surface area contributed by atoms with Gasteiger partial charge in [0.25, 0.3) is 11.8 Å². The average Bonchev–Trinajstić information content (AvgIpc) is 2.91. The zero-order chi connectivity index (χ0) is 26.0. The molecule has 4 rings (SSSR count). The number of nitrogens with one attached hydrogen (secondary N) is 2. The van der Waals surface area contributed by atoms with E-state index in [1.54, 1.807) is 60.7 Å². The van der Waals surface area contributed by atoms with Gasteiger partial charge in [0.1, 0.15) is 5.75 Å². The fourth-order valence-corrected chi connectivity index (χ4v) is 3.44. The van der Waals surface area contributed by atoms with E-state index in [4.69, 9.17) is 4.74 Å². The molecule has 7 heteroatoms. The van der Waals surface area contributed by atoms with Crippen molar-refractivity contribution in [3.05, 3.63) is 131 Å². The van der Waals surface area contributed by atoms with Gasteiger partial charge in [0, 0.05) is 22.4 Å². The van der Waals surface area contributed by atoms with Gasteiger partial charge in [-0.3, -0.25) is 14.4 Å². The number of rotatable bonds is 8. The molecule has 0 spiro atoms. The van der Waals surface area contributed by atoms with Gasteiger partial charge < -0.3 is 10.1 Å². The maximum Gasteiger partial charge on any atom is 0.315 e. The highest BCUT2D eigenvalue weighted by Gasteiger charge is 2.10. The van der Waals surface area contributed by atoms with Crippen LogP contribution < -0.4 is 15.5 Å². The molecule has 0 atom stereocenters. The van der Waals surface area contributed by atoms with E-state index in [1.165, 1.54) is 6.21 Å². The molecular formula is C30H25N3O4. The number of nitrogens with zero attached hydrogens (tertiary/aromatic N) is 1. The lowest BCUT2D eigenvalue weighted by Gasteiger charge is -2.08. The van der Waals surface area contributed by atoms with Crippen molar-refractivity contribution in [3.8, 4) is 5.75 Å². The van der Waals surface area contributed by atoms with Gasteiger partial charge in [-0.25, -0.2) is 5.43 Å². The van der Waals surface area contributed by atoms with Crippen LogP contribution in [0.25, 0.3) is 0 Å². The summed E-state index contributed by atoms with van der Waals surface area (Å²) in [5.74, 6) is -0.711. The summed E-state index contributed by atoms with van der Waals surface area (Å²) in [5.41, 5.74) is 6.41. The highest BCUT2D eigenvalue weighted by Crippen LogP contribution is 2.17. The van der Waals surface area contributed by atoms with E-state index >= 15 is 0 Å². The number of carbonyl (C=O) groups excluding carboxylic acids is 3. The standard InChI is InChI=1S/C30H25N3O4/c1-21-11-13-23(14-12-21)29(35)32-26-17-15-24(16-18-26)30(36)33-31-20-25-9-5-6-10-27(25)37-28(34)19-22-7-3-2-4-8-22/h2-18,20H,19H2,1H3,(H,32,35)(H,33,36)/b31-20-. The lowest BCUT2D eigenvalue weighted by molar-refractivity contribution is -0.133. The molecule has 0 aliphatic heterocycles. The maximum absolute atomic E-state index is 12.5. The minimum atomic E-state index is -0.425. The minimum Gasteiger partial charge on any atom is -0.426 e. The van der Waals surface area contributed by atoms with Gasteiger partial charge in [-0.15, -0.1) is 0 Å². The summed E-state index contributed by atoms with van der Waals surface area (Å²) in [7, 11) is 0. The predicted molar refractivity (Wildman–Crippen MR) is 143 cm³/mol. The van der Waals surface area contributed by atoms with Gasteiger partial charge in [-0.1, -0.05) is 60.2 Å². The Morgan fingerprint density at radius 2 is 1.38 bits per heavy atom. The van der Waals surface area contributed by atoms with Crippen molar-refractivity contribution in [2.24, 2.45) is 5.10 Å². The maximum atomic E-state index is 12.5. The number of hydrogen-bond acceptors (Lipinski definition) is 5. The van der Waals surface area contributed by atoms with E-state index in [-0.39, 0.29) is 12.3 Å². The van der Waals surface area contributed by atoms with Crippen molar-refractivity contribution in [1.29, 1.82) is 0 Å². The van der Waals surface area contributed by atoms with E-state index in [0.29, 0.717) is 28.1 Å². The SMILES string of the molecule is Cc1ccc(C(=O)Nc2ccc(C(=O)N/N=C\c3ccccc3OC(=O)Cc3ccccc3)cc2)cc1. The summed E-state index contributed by atoms with van der Waals surface area (Å²) >= 11 is 0. The minimum absolute atomic E-state index is 0.143. The summed E-state index contributed by atoms with van der Waals surface area (Å²) < 4.78 is 5.50. The lowest BCUT2D eigenvalue weighted by atomic mass is 10.1. The fourth-order valence-electron chi connectivity index (χ4n) is 3.44. The number of anilines is 1. The number of amides is 2. The quantitative estimate of drug-likeness (QED) is 0.154. The van der Waals surface area contributed by atoms with Crippen LogP contribution in [0, 0.1) is 6.92 Å². The molecule has 0 fully saturated rings. The van der Waals surface area contributed by atoms with Crippen LogP contribution in [0.1, 0.15) is 37.4 Å². The number of hydrazone groups is 1. The highest BCUT2D eigenvalue weighted by atomic mass is 16.5. The number of hydrogen-bond donors (Lipinski definition) is 2. The molecule has 0 aliphatic carbocycles. The van der Waals surface area contributed by atoms with Gasteiger partial charge in [0.2, 0.25) is 0 Å². The number of carbonyl (C=O) groups is 3. The number of esters is 1. The van der Waals surface area contributed by atoms with Crippen LogP contribution >= 0.6 is 0 Å². The highest BCUT2D eigenvalue weighted by molar-refractivity contribution is 6.04. The molecule has 0 heterocycles. The summed E-state index contributed by atoms with van der Waals surface area (Å²) in [6, 6.07) is 30.0. The van der Waals surface area contributed by atoms with Crippen LogP contribution in [0.15, 0.2) is 108 Å². The monoisotopic (exact) mass is 491 g/mol. The normalized spacial score (nSPS) is 10.6. The van der Waals surface area contributed by atoms with Gasteiger partial charge in [-0.05, 0) is 61.0 Å². The Morgan fingerprint density at radius 3 is 2.11 bits per heavy atom. The van der Waals surface area contributed by atoms with Crippen molar-refractivity contribution < 1.29 is 19.1 Å². The number of ether oxygens (including phenoxy) is 1. The summed E-state index contributed by atoms with van der Waals surface area (Å²) in [6.07, 6.45) is 1.56. The van der Waals surface area contributed by atoms with Crippen molar-refractivity contribution >= 4 is 29.7 Å². The second-order valence-electron chi connectivity index (χ2n) is 8.27. The van der Waals surface area contributed by atoms with Crippen LogP contribution in [0.4, 0.5) is 5.69 Å². The predicted octanol–water partition coefficient (Wildman–Crippen LogP) is 5.16. The van der Waals surface area contributed by atoms with Crippen LogP contribution in [-0.2, 0) is 11.2 Å². The van der Waals surface area contributed by atoms with Crippen molar-refractivity contribution in [1.82, 2.24) is 5.43 Å². The number of aryl methyl sites for hydroxylation is 1. The largest absolute Gasteiger partial charge is 0.426 e. The first-order valence-electron chi connectivity index (χ1n) is 11.6. The molecule has 0 radical (unpaired) electrons. The van der Waals surface area contributed by atoms with Crippen LogP contribution in [0.5, 0.6) is 5.75 Å².